The lowest BCUT2D eigenvalue weighted by Crippen LogP contribution is -2.28. The zero-order valence-electron chi connectivity index (χ0n) is 21.6. The number of aromatic nitrogens is 6. The van der Waals surface area contributed by atoms with Crippen LogP contribution >= 0.6 is 0 Å². The molecule has 3 heterocycles. The van der Waals surface area contributed by atoms with Crippen molar-refractivity contribution in [2.24, 2.45) is 0 Å². The molecule has 0 amide bonds. The lowest BCUT2D eigenvalue weighted by Gasteiger charge is -2.15. The van der Waals surface area contributed by atoms with Gasteiger partial charge in [0.2, 0.25) is 5.78 Å². The van der Waals surface area contributed by atoms with E-state index in [0.717, 1.165) is 40.1 Å². The van der Waals surface area contributed by atoms with E-state index in [1.807, 2.05) is 90.3 Å². The molecule has 1 N–H and O–H groups in total. The fraction of sp³-hybridized carbons (Fsp3) is 0.167. The maximum absolute atomic E-state index is 14.0. The molecule has 0 fully saturated rings. The Balaban J connectivity index is 1.44. The summed E-state index contributed by atoms with van der Waals surface area (Å²) in [4.78, 5) is 32.8. The molecule has 0 bridgehead atoms. The van der Waals surface area contributed by atoms with Gasteiger partial charge in [0.15, 0.2) is 5.82 Å². The number of H-pyrrole nitrogens is 1. The highest BCUT2D eigenvalue weighted by Gasteiger charge is 2.21. The van der Waals surface area contributed by atoms with Gasteiger partial charge in [0.25, 0.3) is 5.56 Å². The van der Waals surface area contributed by atoms with E-state index in [2.05, 4.69) is 27.1 Å². The summed E-state index contributed by atoms with van der Waals surface area (Å²) in [6.45, 7) is 3.93. The van der Waals surface area contributed by atoms with Crippen molar-refractivity contribution in [1.82, 2.24) is 29.3 Å². The molecule has 0 unspecified atom stereocenters. The first-order valence-electron chi connectivity index (χ1n) is 12.8. The molecular formula is C30H26N6O3. The smallest absolute Gasteiger partial charge is 0.296 e. The molecule has 0 aliphatic rings. The summed E-state index contributed by atoms with van der Waals surface area (Å²) in [7, 11) is 0. The van der Waals surface area contributed by atoms with Gasteiger partial charge in [0.1, 0.15) is 5.82 Å². The fourth-order valence-corrected chi connectivity index (χ4v) is 4.98. The number of para-hydroxylation sites is 1. The minimum absolute atomic E-state index is 0.0889. The third-order valence-corrected chi connectivity index (χ3v) is 6.73. The second kappa shape index (κ2) is 10.0. The summed E-state index contributed by atoms with van der Waals surface area (Å²) >= 11 is 0. The Morgan fingerprint density at radius 1 is 0.897 bits per heavy atom. The van der Waals surface area contributed by atoms with Crippen LogP contribution in [0.4, 0.5) is 0 Å². The van der Waals surface area contributed by atoms with E-state index < -0.39 is 5.76 Å². The Morgan fingerprint density at radius 3 is 2.31 bits per heavy atom. The van der Waals surface area contributed by atoms with Crippen LogP contribution in [-0.4, -0.2) is 29.3 Å². The van der Waals surface area contributed by atoms with Crippen molar-refractivity contribution < 1.29 is 4.52 Å². The molecule has 0 atom stereocenters. The van der Waals surface area contributed by atoms with Crippen molar-refractivity contribution in [1.29, 1.82) is 0 Å². The highest BCUT2D eigenvalue weighted by atomic mass is 16.5. The van der Waals surface area contributed by atoms with Gasteiger partial charge in [-0.2, -0.15) is 10.1 Å². The number of rotatable bonds is 7. The van der Waals surface area contributed by atoms with Gasteiger partial charge in [0, 0.05) is 17.5 Å². The van der Waals surface area contributed by atoms with Crippen LogP contribution in [0.15, 0.2) is 93.0 Å². The number of nitrogens with one attached hydrogen (secondary N) is 1. The molecule has 0 aliphatic carbocycles. The molecule has 9 nitrogen and oxygen atoms in total. The molecule has 3 aromatic carbocycles. The largest absolute Gasteiger partial charge is 0.439 e. The van der Waals surface area contributed by atoms with E-state index >= 15 is 0 Å². The Hall–Kier alpha value is -5.05. The molecule has 6 aromatic rings. The van der Waals surface area contributed by atoms with Crippen LogP contribution in [0.25, 0.3) is 34.0 Å². The van der Waals surface area contributed by atoms with E-state index in [9.17, 15) is 9.59 Å². The predicted octanol–water partition coefficient (Wildman–Crippen LogP) is 4.74. The van der Waals surface area contributed by atoms with Crippen LogP contribution in [0.1, 0.15) is 36.0 Å². The van der Waals surface area contributed by atoms with Gasteiger partial charge >= 0.3 is 5.76 Å². The minimum atomic E-state index is -0.598. The van der Waals surface area contributed by atoms with Gasteiger partial charge in [-0.15, -0.1) is 0 Å². The fourth-order valence-electron chi connectivity index (χ4n) is 4.98. The molecule has 0 aliphatic heterocycles. The second-order valence-corrected chi connectivity index (χ2v) is 9.39. The average Bonchev–Trinajstić information content (AvgIpc) is 3.57. The van der Waals surface area contributed by atoms with Crippen molar-refractivity contribution >= 4 is 5.78 Å². The number of fused-ring (bicyclic) bond motifs is 1. The van der Waals surface area contributed by atoms with Crippen molar-refractivity contribution in [2.45, 2.75) is 33.1 Å². The SMILES string of the molecule is CCCc1c(Cc2ccc(-c3ccccc3-c3noc(=O)[nH]3)cc2)c(=O)n(-c2ccccc2)c2nc(C)nn12. The van der Waals surface area contributed by atoms with Gasteiger partial charge in [0.05, 0.1) is 11.4 Å². The Bertz CT molecular complexity index is 1900. The van der Waals surface area contributed by atoms with Crippen LogP contribution in [0.3, 0.4) is 0 Å². The van der Waals surface area contributed by atoms with Crippen LogP contribution in [0.2, 0.25) is 0 Å². The lowest BCUT2D eigenvalue weighted by molar-refractivity contribution is 0.388. The predicted molar refractivity (Wildman–Crippen MR) is 148 cm³/mol. The zero-order valence-corrected chi connectivity index (χ0v) is 21.6. The summed E-state index contributed by atoms with van der Waals surface area (Å²) in [5.74, 6) is 0.916. The van der Waals surface area contributed by atoms with Crippen molar-refractivity contribution in [3.05, 3.63) is 122 Å². The highest BCUT2D eigenvalue weighted by molar-refractivity contribution is 5.80. The van der Waals surface area contributed by atoms with Crippen LogP contribution in [0.5, 0.6) is 0 Å². The maximum atomic E-state index is 14.0. The molecule has 0 saturated heterocycles. The number of aryl methyl sites for hydroxylation is 2. The Labute approximate surface area is 223 Å². The summed E-state index contributed by atoms with van der Waals surface area (Å²) in [5, 5.41) is 8.51. The first kappa shape index (κ1) is 24.3. The van der Waals surface area contributed by atoms with Crippen molar-refractivity contribution in [3.63, 3.8) is 0 Å². The number of nitrogens with zero attached hydrogens (tertiary/aromatic N) is 5. The average molecular weight is 519 g/mol. The van der Waals surface area contributed by atoms with Gasteiger partial charge in [-0.25, -0.2) is 13.9 Å². The molecule has 9 heteroatoms. The molecule has 194 valence electrons. The summed E-state index contributed by atoms with van der Waals surface area (Å²) in [6.07, 6.45) is 2.03. The third-order valence-electron chi connectivity index (χ3n) is 6.73. The maximum Gasteiger partial charge on any atom is 0.439 e. The zero-order chi connectivity index (χ0) is 26.9. The first-order chi connectivity index (χ1) is 19.0. The van der Waals surface area contributed by atoms with Crippen molar-refractivity contribution in [3.8, 4) is 28.2 Å². The number of hydrogen-bond acceptors (Lipinski definition) is 6. The topological polar surface area (TPSA) is 111 Å². The van der Waals surface area contributed by atoms with Gasteiger partial charge in [-0.05, 0) is 42.2 Å². The molecular weight excluding hydrogens is 492 g/mol. The number of benzene rings is 3. The number of hydrogen-bond donors (Lipinski definition) is 1. The Kier molecular flexibility index (Phi) is 6.24. The molecule has 3 aromatic heterocycles. The van der Waals surface area contributed by atoms with Crippen LogP contribution in [0, 0.1) is 6.92 Å². The summed E-state index contributed by atoms with van der Waals surface area (Å²) in [6, 6.07) is 25.3. The normalized spacial score (nSPS) is 11.3. The van der Waals surface area contributed by atoms with Crippen LogP contribution in [-0.2, 0) is 12.8 Å². The van der Waals surface area contributed by atoms with Gasteiger partial charge in [-0.3, -0.25) is 14.3 Å². The van der Waals surface area contributed by atoms with Crippen molar-refractivity contribution in [2.75, 3.05) is 0 Å². The van der Waals surface area contributed by atoms with E-state index in [0.29, 0.717) is 35.8 Å². The number of aromatic amines is 1. The van der Waals surface area contributed by atoms with E-state index in [-0.39, 0.29) is 5.56 Å². The van der Waals surface area contributed by atoms with Crippen LogP contribution < -0.4 is 11.3 Å². The summed E-state index contributed by atoms with van der Waals surface area (Å²) < 4.78 is 8.18. The quantitative estimate of drug-likeness (QED) is 0.327. The first-order valence-corrected chi connectivity index (χ1v) is 12.8. The standard InChI is InChI=1S/C30H26N6O3/c1-3-9-26-25(28(37)35(22-10-5-4-6-11-22)29-31-19(2)33-36(26)29)18-20-14-16-21(17-15-20)23-12-7-8-13-24(23)27-32-30(38)39-34-27/h4-8,10-17H,3,9,18H2,1-2H3,(H,32,34,38). The molecule has 39 heavy (non-hydrogen) atoms. The Morgan fingerprint density at radius 2 is 1.62 bits per heavy atom. The highest BCUT2D eigenvalue weighted by Crippen LogP contribution is 2.30. The monoisotopic (exact) mass is 518 g/mol. The molecule has 0 radical (unpaired) electrons. The lowest BCUT2D eigenvalue weighted by atomic mass is 9.96. The van der Waals surface area contributed by atoms with E-state index in [1.54, 1.807) is 4.57 Å². The minimum Gasteiger partial charge on any atom is -0.296 e. The van der Waals surface area contributed by atoms with E-state index in [4.69, 9.17) is 4.52 Å². The molecule has 6 rings (SSSR count). The second-order valence-electron chi connectivity index (χ2n) is 9.39. The third kappa shape index (κ3) is 4.48. The van der Waals surface area contributed by atoms with Gasteiger partial charge < -0.3 is 0 Å². The molecule has 0 saturated carbocycles. The molecule has 0 spiro atoms. The summed E-state index contributed by atoms with van der Waals surface area (Å²) in [5.41, 5.74) is 5.87. The van der Waals surface area contributed by atoms with E-state index in [1.165, 1.54) is 0 Å². The van der Waals surface area contributed by atoms with Gasteiger partial charge in [-0.1, -0.05) is 85.2 Å².